The first-order valence-corrected chi connectivity index (χ1v) is 17.7. The molecule has 0 saturated heterocycles. The summed E-state index contributed by atoms with van der Waals surface area (Å²) in [5, 5.41) is 3.30. The van der Waals surface area contributed by atoms with Crippen LogP contribution in [0.3, 0.4) is 0 Å². The number of alkyl halides is 3. The van der Waals surface area contributed by atoms with Crippen LogP contribution in [-0.4, -0.2) is 95.2 Å². The first-order valence-electron chi connectivity index (χ1n) is 17.7. The second kappa shape index (κ2) is 15.4. The number of nitrogens with one attached hydrogen (secondary N) is 1. The van der Waals surface area contributed by atoms with E-state index in [-0.39, 0.29) is 36.6 Å². The quantitative estimate of drug-likeness (QED) is 0.151. The van der Waals surface area contributed by atoms with E-state index in [9.17, 15) is 27.6 Å². The number of hydrogen-bond acceptors (Lipinski definition) is 7. The van der Waals surface area contributed by atoms with E-state index >= 15 is 0 Å². The summed E-state index contributed by atoms with van der Waals surface area (Å²) in [4.78, 5) is 46.8. The molecule has 0 radical (unpaired) electrons. The third-order valence-corrected chi connectivity index (χ3v) is 9.37. The minimum atomic E-state index is -4.55. The summed E-state index contributed by atoms with van der Waals surface area (Å²) in [5.41, 5.74) is 4.61. The number of rotatable bonds is 12. The molecule has 2 aromatic heterocycles. The standard InChI is InChI=1S/C39H44F3N5O6/c1-38(2,3)53-37(50)45(4)18-10-9-11-25(44-36(49)51-23-31-28-14-7-5-12-26(28)27-13-6-8-15-29(27)31)22-46-19-20-47-32-16-17-43-34(52-24-39(40,41)42)30(32)21-33(47)35(46)48/h5-8,12-17,21,25,31H,9-11,18-20,22-24H2,1-4H3,(H,44,49)/t25-/m0/s1. The number of pyridine rings is 1. The zero-order chi connectivity index (χ0) is 37.9. The summed E-state index contributed by atoms with van der Waals surface area (Å²) < 4.78 is 56.7. The van der Waals surface area contributed by atoms with Gasteiger partial charge in [-0.3, -0.25) is 4.79 Å². The fraction of sp³-hybridized carbons (Fsp3) is 0.436. The van der Waals surface area contributed by atoms with Crippen molar-refractivity contribution in [2.75, 3.05) is 39.9 Å². The van der Waals surface area contributed by atoms with Crippen LogP contribution in [-0.2, 0) is 16.0 Å². The average Bonchev–Trinajstić information content (AvgIpc) is 3.65. The third-order valence-electron chi connectivity index (χ3n) is 9.37. The Kier molecular flexibility index (Phi) is 10.9. The molecule has 0 fully saturated rings. The molecule has 0 unspecified atom stereocenters. The van der Waals surface area contributed by atoms with Gasteiger partial charge in [0.1, 0.15) is 17.9 Å². The van der Waals surface area contributed by atoms with Crippen molar-refractivity contribution in [2.45, 2.75) is 70.3 Å². The molecule has 0 bridgehead atoms. The number of nitrogens with zero attached hydrogens (tertiary/aromatic N) is 4. The van der Waals surface area contributed by atoms with E-state index in [0.717, 1.165) is 22.3 Å². The van der Waals surface area contributed by atoms with Gasteiger partial charge in [0.05, 0.1) is 10.9 Å². The van der Waals surface area contributed by atoms with Crippen LogP contribution < -0.4 is 10.1 Å². The molecule has 1 atom stereocenters. The van der Waals surface area contributed by atoms with Crippen LogP contribution in [0.4, 0.5) is 22.8 Å². The van der Waals surface area contributed by atoms with Gasteiger partial charge in [0.25, 0.3) is 5.91 Å². The number of unbranched alkanes of at least 4 members (excludes halogenated alkanes) is 1. The normalized spacial score (nSPS) is 14.7. The molecule has 11 nitrogen and oxygen atoms in total. The van der Waals surface area contributed by atoms with E-state index in [1.54, 1.807) is 43.4 Å². The van der Waals surface area contributed by atoms with Crippen molar-refractivity contribution in [1.82, 2.24) is 24.7 Å². The lowest BCUT2D eigenvalue weighted by Gasteiger charge is -2.32. The lowest BCUT2D eigenvalue weighted by Crippen LogP contribution is -2.49. The molecule has 14 heteroatoms. The van der Waals surface area contributed by atoms with E-state index in [1.807, 2.05) is 36.4 Å². The lowest BCUT2D eigenvalue weighted by atomic mass is 9.98. The predicted molar refractivity (Wildman–Crippen MR) is 192 cm³/mol. The van der Waals surface area contributed by atoms with Crippen LogP contribution in [0.15, 0.2) is 66.9 Å². The molecule has 2 aromatic carbocycles. The van der Waals surface area contributed by atoms with Crippen LogP contribution >= 0.6 is 0 Å². The van der Waals surface area contributed by atoms with Gasteiger partial charge in [-0.25, -0.2) is 14.6 Å². The number of hydrogen-bond donors (Lipinski definition) is 1. The maximum atomic E-state index is 13.8. The number of aromatic nitrogens is 2. The second-order valence-corrected chi connectivity index (χ2v) is 14.4. The van der Waals surface area contributed by atoms with E-state index in [2.05, 4.69) is 22.4 Å². The first-order chi connectivity index (χ1) is 25.2. The molecule has 1 aliphatic carbocycles. The zero-order valence-corrected chi connectivity index (χ0v) is 30.2. The van der Waals surface area contributed by atoms with Crippen LogP contribution in [0.25, 0.3) is 22.0 Å². The summed E-state index contributed by atoms with van der Waals surface area (Å²) >= 11 is 0. The maximum Gasteiger partial charge on any atom is 0.422 e. The molecule has 0 spiro atoms. The Balaban J connectivity index is 1.14. The SMILES string of the molecule is CN(CCCC[C@@H](CN1CCn2c(cc3c(OCC(F)(F)F)nccc32)C1=O)NC(=O)OCC1c2ccccc2-c2ccccc21)C(=O)OC(C)(C)C. The highest BCUT2D eigenvalue weighted by Gasteiger charge is 2.33. The summed E-state index contributed by atoms with van der Waals surface area (Å²) in [6, 6.07) is 18.8. The summed E-state index contributed by atoms with van der Waals surface area (Å²) in [6.45, 7) is 5.32. The Morgan fingerprint density at radius 2 is 1.68 bits per heavy atom. The highest BCUT2D eigenvalue weighted by molar-refractivity contribution is 6.00. The Morgan fingerprint density at radius 1 is 1.00 bits per heavy atom. The molecule has 6 rings (SSSR count). The number of amides is 3. The molecule has 4 aromatic rings. The molecule has 282 valence electrons. The summed E-state index contributed by atoms with van der Waals surface area (Å²) in [6.07, 6.45) is -2.51. The van der Waals surface area contributed by atoms with Crippen molar-refractivity contribution < 1.29 is 41.8 Å². The zero-order valence-electron chi connectivity index (χ0n) is 30.2. The number of benzene rings is 2. The minimum absolute atomic E-state index is 0.125. The van der Waals surface area contributed by atoms with Gasteiger partial charge in [-0.05, 0) is 74.4 Å². The Bertz CT molecular complexity index is 1930. The van der Waals surface area contributed by atoms with Crippen molar-refractivity contribution in [3.8, 4) is 17.0 Å². The molecule has 53 heavy (non-hydrogen) atoms. The number of fused-ring (bicyclic) bond motifs is 6. The van der Waals surface area contributed by atoms with Crippen molar-refractivity contribution in [3.05, 3.63) is 83.7 Å². The lowest BCUT2D eigenvalue weighted by molar-refractivity contribution is -0.153. The number of alkyl carbamates (subject to hydrolysis) is 1. The predicted octanol–water partition coefficient (Wildman–Crippen LogP) is 7.38. The highest BCUT2D eigenvalue weighted by Crippen LogP contribution is 2.44. The van der Waals surface area contributed by atoms with Gasteiger partial charge in [0.15, 0.2) is 6.61 Å². The largest absolute Gasteiger partial charge is 0.468 e. The van der Waals surface area contributed by atoms with Gasteiger partial charge in [0.2, 0.25) is 5.88 Å². The molecule has 2 aliphatic rings. The van der Waals surface area contributed by atoms with Crippen LogP contribution in [0, 0.1) is 0 Å². The number of ether oxygens (including phenoxy) is 3. The van der Waals surface area contributed by atoms with Crippen molar-refractivity contribution in [3.63, 3.8) is 0 Å². The Labute approximate surface area is 306 Å². The maximum absolute atomic E-state index is 13.8. The van der Waals surface area contributed by atoms with Crippen molar-refractivity contribution in [1.29, 1.82) is 0 Å². The highest BCUT2D eigenvalue weighted by atomic mass is 19.4. The van der Waals surface area contributed by atoms with Gasteiger partial charge in [-0.15, -0.1) is 0 Å². The van der Waals surface area contributed by atoms with Gasteiger partial charge in [-0.1, -0.05) is 48.5 Å². The Morgan fingerprint density at radius 3 is 2.34 bits per heavy atom. The first kappa shape index (κ1) is 37.5. The molecule has 0 saturated carbocycles. The fourth-order valence-electron chi connectivity index (χ4n) is 6.95. The summed E-state index contributed by atoms with van der Waals surface area (Å²) in [7, 11) is 1.67. The van der Waals surface area contributed by atoms with E-state index in [1.165, 1.54) is 17.2 Å². The van der Waals surface area contributed by atoms with Crippen LogP contribution in [0.5, 0.6) is 5.88 Å². The van der Waals surface area contributed by atoms with E-state index in [4.69, 9.17) is 14.2 Å². The third kappa shape index (κ3) is 8.86. The van der Waals surface area contributed by atoms with E-state index in [0.29, 0.717) is 49.8 Å². The van der Waals surface area contributed by atoms with Crippen LogP contribution in [0.2, 0.25) is 0 Å². The van der Waals surface area contributed by atoms with E-state index < -0.39 is 36.6 Å². The van der Waals surface area contributed by atoms with Crippen LogP contribution in [0.1, 0.15) is 67.6 Å². The Hall–Kier alpha value is -5.27. The van der Waals surface area contributed by atoms with Crippen molar-refractivity contribution >= 4 is 29.0 Å². The molecular weight excluding hydrogens is 691 g/mol. The van der Waals surface area contributed by atoms with Gasteiger partial charge < -0.3 is 33.9 Å². The van der Waals surface area contributed by atoms with Gasteiger partial charge in [-0.2, -0.15) is 13.2 Å². The molecule has 1 N–H and O–H groups in total. The fourth-order valence-corrected chi connectivity index (χ4v) is 6.95. The number of halogens is 3. The molecule has 3 heterocycles. The minimum Gasteiger partial charge on any atom is -0.468 e. The summed E-state index contributed by atoms with van der Waals surface area (Å²) in [5.74, 6) is -0.662. The topological polar surface area (TPSA) is 115 Å². The smallest absolute Gasteiger partial charge is 0.422 e. The molecule has 3 amide bonds. The number of carbonyl (C=O) groups excluding carboxylic acids is 3. The van der Waals surface area contributed by atoms with Gasteiger partial charge >= 0.3 is 18.4 Å². The molecular formula is C39H44F3N5O6. The second-order valence-electron chi connectivity index (χ2n) is 14.4. The van der Waals surface area contributed by atoms with Gasteiger partial charge in [0, 0.05) is 51.4 Å². The monoisotopic (exact) mass is 735 g/mol. The van der Waals surface area contributed by atoms with Crippen molar-refractivity contribution in [2.24, 2.45) is 0 Å². The average molecular weight is 736 g/mol. The molecule has 1 aliphatic heterocycles. The number of carbonyl (C=O) groups is 3.